The summed E-state index contributed by atoms with van der Waals surface area (Å²) in [4.78, 5) is 2.40. The van der Waals surface area contributed by atoms with Crippen molar-refractivity contribution in [2.24, 2.45) is 0 Å². The zero-order valence-electron chi connectivity index (χ0n) is 39.9. The van der Waals surface area contributed by atoms with Crippen LogP contribution in [0.3, 0.4) is 0 Å². The predicted octanol–water partition coefficient (Wildman–Crippen LogP) is 19.6. The zero-order valence-corrected chi connectivity index (χ0v) is 39.9. The van der Waals surface area contributed by atoms with Crippen molar-refractivity contribution >= 4 is 60.9 Å². The SMILES string of the molecule is CC1(C)c2cc(N(c3ccc(-c4cccc5c4oc4ccccc45)cc3)c3ccc(-c4cccc5c4oc4ccccc45)cc3)ccc2-c2cc(-c3ccc(-c4ccccc4)cc3)cc(-c3ccccc3)c21. The van der Waals surface area contributed by atoms with Gasteiger partial charge < -0.3 is 13.7 Å². The molecule has 3 nitrogen and oxygen atoms in total. The summed E-state index contributed by atoms with van der Waals surface area (Å²) in [6, 6.07) is 89.8. The molecule has 3 heteroatoms. The second-order valence-corrected chi connectivity index (χ2v) is 19.6. The van der Waals surface area contributed by atoms with Gasteiger partial charge in [0.1, 0.15) is 22.3 Å². The summed E-state index contributed by atoms with van der Waals surface area (Å²) in [6.07, 6.45) is 0. The quantitative estimate of drug-likeness (QED) is 0.152. The van der Waals surface area contributed by atoms with Gasteiger partial charge in [-0.3, -0.25) is 0 Å². The molecule has 0 fully saturated rings. The van der Waals surface area contributed by atoms with E-state index in [1.807, 2.05) is 24.3 Å². The van der Waals surface area contributed by atoms with Gasteiger partial charge in [0.15, 0.2) is 0 Å². The lowest BCUT2D eigenvalue weighted by molar-refractivity contribution is 0.662. The third-order valence-corrected chi connectivity index (χ3v) is 15.1. The number of fused-ring (bicyclic) bond motifs is 9. The Bertz CT molecular complexity index is 4040. The van der Waals surface area contributed by atoms with E-state index in [1.165, 1.54) is 55.6 Å². The maximum atomic E-state index is 6.51. The molecule has 0 spiro atoms. The Hall–Kier alpha value is -9.18. The smallest absolute Gasteiger partial charge is 0.143 e. The molecule has 2 aromatic heterocycles. The summed E-state index contributed by atoms with van der Waals surface area (Å²) in [5.41, 5.74) is 23.4. The van der Waals surface area contributed by atoms with Crippen molar-refractivity contribution in [3.8, 4) is 66.8 Å². The largest absolute Gasteiger partial charge is 0.455 e. The first-order chi connectivity index (χ1) is 35.4. The average Bonchev–Trinajstić information content (AvgIpc) is 4.09. The molecule has 1 aliphatic rings. The maximum absolute atomic E-state index is 6.51. The first-order valence-electron chi connectivity index (χ1n) is 24.8. The Kier molecular flexibility index (Phi) is 9.56. The van der Waals surface area contributed by atoms with Gasteiger partial charge in [0.05, 0.1) is 0 Å². The number of hydrogen-bond donors (Lipinski definition) is 0. The minimum Gasteiger partial charge on any atom is -0.455 e. The molecule has 13 aromatic rings. The van der Waals surface area contributed by atoms with E-state index in [1.54, 1.807) is 0 Å². The van der Waals surface area contributed by atoms with Gasteiger partial charge in [-0.1, -0.05) is 202 Å². The molecular weight excluding hydrogens is 875 g/mol. The first-order valence-corrected chi connectivity index (χ1v) is 24.8. The molecule has 14 rings (SSSR count). The summed E-state index contributed by atoms with van der Waals surface area (Å²) in [6.45, 7) is 4.79. The van der Waals surface area contributed by atoms with Crippen LogP contribution < -0.4 is 4.90 Å². The van der Waals surface area contributed by atoms with E-state index >= 15 is 0 Å². The number of benzene rings is 11. The summed E-state index contributed by atoms with van der Waals surface area (Å²) in [5, 5.41) is 4.50. The topological polar surface area (TPSA) is 29.5 Å². The molecule has 0 saturated carbocycles. The summed E-state index contributed by atoms with van der Waals surface area (Å²) >= 11 is 0. The normalized spacial score (nSPS) is 12.7. The third kappa shape index (κ3) is 6.73. The van der Waals surface area contributed by atoms with Crippen molar-refractivity contribution in [2.45, 2.75) is 19.3 Å². The zero-order chi connectivity index (χ0) is 47.9. The van der Waals surface area contributed by atoms with E-state index in [-0.39, 0.29) is 5.41 Å². The Morgan fingerprint density at radius 3 is 1.26 bits per heavy atom. The number of hydrogen-bond acceptors (Lipinski definition) is 3. The highest BCUT2D eigenvalue weighted by molar-refractivity contribution is 6.11. The second-order valence-electron chi connectivity index (χ2n) is 19.6. The van der Waals surface area contributed by atoms with Gasteiger partial charge in [-0.15, -0.1) is 0 Å². The fraction of sp³-hybridized carbons (Fsp3) is 0.0435. The van der Waals surface area contributed by atoms with E-state index in [0.717, 1.165) is 83.2 Å². The van der Waals surface area contributed by atoms with Crippen molar-refractivity contribution in [2.75, 3.05) is 4.90 Å². The van der Waals surface area contributed by atoms with Crippen LogP contribution in [0.5, 0.6) is 0 Å². The fourth-order valence-electron chi connectivity index (χ4n) is 11.6. The molecule has 0 saturated heterocycles. The second kappa shape index (κ2) is 16.5. The molecule has 0 amide bonds. The molecule has 72 heavy (non-hydrogen) atoms. The minimum atomic E-state index is -0.308. The van der Waals surface area contributed by atoms with E-state index in [0.29, 0.717) is 0 Å². The highest BCUT2D eigenvalue weighted by atomic mass is 16.3. The van der Waals surface area contributed by atoms with Crippen molar-refractivity contribution in [1.82, 2.24) is 0 Å². The van der Waals surface area contributed by atoms with Gasteiger partial charge in [-0.2, -0.15) is 0 Å². The van der Waals surface area contributed by atoms with Crippen molar-refractivity contribution < 1.29 is 8.83 Å². The van der Waals surface area contributed by atoms with E-state index in [9.17, 15) is 0 Å². The van der Waals surface area contributed by atoms with Gasteiger partial charge in [-0.05, 0) is 127 Å². The van der Waals surface area contributed by atoms with Crippen LogP contribution in [-0.4, -0.2) is 0 Å². The molecule has 340 valence electrons. The van der Waals surface area contributed by atoms with E-state index in [4.69, 9.17) is 8.83 Å². The highest BCUT2D eigenvalue weighted by Gasteiger charge is 2.39. The van der Waals surface area contributed by atoms with Gasteiger partial charge in [0, 0.05) is 55.1 Å². The van der Waals surface area contributed by atoms with Gasteiger partial charge >= 0.3 is 0 Å². The van der Waals surface area contributed by atoms with Crippen molar-refractivity contribution in [3.05, 3.63) is 260 Å². The molecule has 11 aromatic carbocycles. The summed E-state index contributed by atoms with van der Waals surface area (Å²) < 4.78 is 13.0. The van der Waals surface area contributed by atoms with Crippen LogP contribution in [0.2, 0.25) is 0 Å². The molecule has 0 aliphatic heterocycles. The Balaban J connectivity index is 0.900. The molecule has 2 heterocycles. The average molecular weight is 922 g/mol. The standard InChI is InChI=1S/C69H47NO2/c1-69(2)63-43-53(39-40-56(63)62-42-50(41-61(66(62)69)47-17-7-4-8-18-47)46-29-27-45(28-30-46)44-15-5-3-6-16-44)70(51-35-31-48(32-36-51)54-21-13-23-59-57-19-9-11-25-64(57)71-67(54)59)52-37-33-49(34-38-52)55-22-14-24-60-58-20-10-12-26-65(58)72-68(55)60/h3-43H,1-2H3. The first kappa shape index (κ1) is 41.8. The molecule has 0 unspecified atom stereocenters. The number of anilines is 3. The van der Waals surface area contributed by atoms with Gasteiger partial charge in [0.2, 0.25) is 0 Å². The van der Waals surface area contributed by atoms with Crippen molar-refractivity contribution in [1.29, 1.82) is 0 Å². The molecule has 1 aliphatic carbocycles. The molecule has 0 atom stereocenters. The monoisotopic (exact) mass is 921 g/mol. The Morgan fingerprint density at radius 2 is 0.708 bits per heavy atom. The summed E-state index contributed by atoms with van der Waals surface area (Å²) in [5.74, 6) is 0. The van der Waals surface area contributed by atoms with Crippen molar-refractivity contribution in [3.63, 3.8) is 0 Å². The van der Waals surface area contributed by atoms with E-state index in [2.05, 4.69) is 243 Å². The molecule has 0 bridgehead atoms. The van der Waals surface area contributed by atoms with Crippen LogP contribution in [0.4, 0.5) is 17.1 Å². The number of nitrogens with zero attached hydrogens (tertiary/aromatic N) is 1. The molecule has 0 radical (unpaired) electrons. The Labute approximate surface area is 418 Å². The van der Waals surface area contributed by atoms with Crippen LogP contribution in [0.1, 0.15) is 25.0 Å². The fourth-order valence-corrected chi connectivity index (χ4v) is 11.6. The lowest BCUT2D eigenvalue weighted by Crippen LogP contribution is -2.17. The maximum Gasteiger partial charge on any atom is 0.143 e. The van der Waals surface area contributed by atoms with Crippen LogP contribution in [0.25, 0.3) is 111 Å². The van der Waals surface area contributed by atoms with Crippen LogP contribution >= 0.6 is 0 Å². The number of rotatable bonds is 8. The summed E-state index contributed by atoms with van der Waals surface area (Å²) in [7, 11) is 0. The number of furan rings is 2. The highest BCUT2D eigenvalue weighted by Crippen LogP contribution is 2.55. The predicted molar refractivity (Wildman–Crippen MR) is 300 cm³/mol. The molecule has 0 N–H and O–H groups in total. The third-order valence-electron chi connectivity index (χ3n) is 15.1. The number of para-hydroxylation sites is 4. The minimum absolute atomic E-state index is 0.308. The molecular formula is C69H47NO2. The van der Waals surface area contributed by atoms with Crippen LogP contribution in [0, 0.1) is 0 Å². The van der Waals surface area contributed by atoms with Crippen LogP contribution in [-0.2, 0) is 5.41 Å². The lowest BCUT2D eigenvalue weighted by Gasteiger charge is -2.29. The van der Waals surface area contributed by atoms with Gasteiger partial charge in [0.25, 0.3) is 0 Å². The Morgan fingerprint density at radius 1 is 0.292 bits per heavy atom. The lowest BCUT2D eigenvalue weighted by atomic mass is 9.78. The van der Waals surface area contributed by atoms with Gasteiger partial charge in [-0.25, -0.2) is 0 Å². The van der Waals surface area contributed by atoms with E-state index < -0.39 is 0 Å². The van der Waals surface area contributed by atoms with Crippen LogP contribution in [0.15, 0.2) is 258 Å².